The Kier molecular flexibility index (Phi) is 4.27. The van der Waals surface area contributed by atoms with Gasteiger partial charge in [-0.3, -0.25) is 4.57 Å². The third-order valence-electron chi connectivity index (χ3n) is 2.98. The molecule has 0 aliphatic carbocycles. The van der Waals surface area contributed by atoms with E-state index in [4.69, 9.17) is 0 Å². The molecule has 0 aliphatic heterocycles. The monoisotopic (exact) mass is 259 g/mol. The second kappa shape index (κ2) is 5.93. The highest BCUT2D eigenvalue weighted by molar-refractivity contribution is 5.23. The van der Waals surface area contributed by atoms with Gasteiger partial charge in [0.25, 0.3) is 0 Å². The van der Waals surface area contributed by atoms with Crippen LogP contribution in [0.15, 0.2) is 18.6 Å². The Morgan fingerprint density at radius 1 is 1.26 bits per heavy atom. The lowest BCUT2D eigenvalue weighted by atomic mass is 10.2. The molecule has 0 spiro atoms. The van der Waals surface area contributed by atoms with Gasteiger partial charge in [0, 0.05) is 36.4 Å². The Bertz CT molecular complexity index is 545. The summed E-state index contributed by atoms with van der Waals surface area (Å²) in [5, 5.41) is 3.41. The first-order chi connectivity index (χ1) is 9.08. The van der Waals surface area contributed by atoms with Gasteiger partial charge >= 0.3 is 0 Å². The van der Waals surface area contributed by atoms with Crippen LogP contribution in [0.3, 0.4) is 0 Å². The van der Waals surface area contributed by atoms with Crippen LogP contribution in [0.1, 0.15) is 30.9 Å². The first-order valence-corrected chi connectivity index (χ1v) is 6.61. The van der Waals surface area contributed by atoms with Crippen molar-refractivity contribution in [1.82, 2.24) is 24.8 Å². The summed E-state index contributed by atoms with van der Waals surface area (Å²) < 4.78 is 1.89. The van der Waals surface area contributed by atoms with Crippen LogP contribution in [-0.4, -0.2) is 26.1 Å². The van der Waals surface area contributed by atoms with Crippen LogP contribution in [0.4, 0.5) is 0 Å². The van der Waals surface area contributed by atoms with Crippen molar-refractivity contribution in [2.75, 3.05) is 6.54 Å². The summed E-state index contributed by atoms with van der Waals surface area (Å²) in [7, 11) is 0. The van der Waals surface area contributed by atoms with Gasteiger partial charge in [0.05, 0.1) is 0 Å². The molecule has 2 heterocycles. The zero-order chi connectivity index (χ0) is 13.8. The highest BCUT2D eigenvalue weighted by Gasteiger charge is 2.07. The molecule has 5 heteroatoms. The Hall–Kier alpha value is -1.75. The van der Waals surface area contributed by atoms with E-state index in [0.717, 1.165) is 30.2 Å². The van der Waals surface area contributed by atoms with Crippen LogP contribution in [0, 0.1) is 19.8 Å². The lowest BCUT2D eigenvalue weighted by Gasteiger charge is -2.10. The number of aromatic nitrogens is 4. The zero-order valence-electron chi connectivity index (χ0n) is 12.0. The Labute approximate surface area is 114 Å². The summed E-state index contributed by atoms with van der Waals surface area (Å²) in [6, 6.07) is 0. The lowest BCUT2D eigenvalue weighted by molar-refractivity contribution is 0.550. The van der Waals surface area contributed by atoms with E-state index in [1.807, 2.05) is 30.8 Å². The van der Waals surface area contributed by atoms with Crippen molar-refractivity contribution in [1.29, 1.82) is 0 Å². The van der Waals surface area contributed by atoms with E-state index in [9.17, 15) is 0 Å². The standard InChI is InChI=1S/C14H21N5/c1-10(2)7-15-8-13-9-17-14(18-11(13)3)19-6-5-16-12(19)4/h5-6,9-10,15H,7-8H2,1-4H3. The van der Waals surface area contributed by atoms with Crippen LogP contribution in [0.5, 0.6) is 0 Å². The minimum Gasteiger partial charge on any atom is -0.312 e. The Balaban J connectivity index is 2.11. The summed E-state index contributed by atoms with van der Waals surface area (Å²) in [6.07, 6.45) is 5.53. The maximum Gasteiger partial charge on any atom is 0.235 e. The smallest absolute Gasteiger partial charge is 0.235 e. The van der Waals surface area contributed by atoms with Gasteiger partial charge in [-0.15, -0.1) is 0 Å². The summed E-state index contributed by atoms with van der Waals surface area (Å²) in [4.78, 5) is 13.1. The molecule has 2 aromatic heterocycles. The molecule has 2 aromatic rings. The Morgan fingerprint density at radius 2 is 2.05 bits per heavy atom. The molecular weight excluding hydrogens is 238 g/mol. The van der Waals surface area contributed by atoms with Gasteiger partial charge < -0.3 is 5.32 Å². The van der Waals surface area contributed by atoms with Gasteiger partial charge in [-0.05, 0) is 26.3 Å². The molecule has 0 atom stereocenters. The molecule has 0 bridgehead atoms. The largest absolute Gasteiger partial charge is 0.312 e. The second-order valence-electron chi connectivity index (χ2n) is 5.15. The molecule has 5 nitrogen and oxygen atoms in total. The quantitative estimate of drug-likeness (QED) is 0.892. The number of imidazole rings is 1. The fraction of sp³-hybridized carbons (Fsp3) is 0.500. The lowest BCUT2D eigenvalue weighted by Crippen LogP contribution is -2.20. The number of nitrogens with one attached hydrogen (secondary N) is 1. The fourth-order valence-electron chi connectivity index (χ4n) is 1.85. The predicted octanol–water partition coefficient (Wildman–Crippen LogP) is 2.02. The molecule has 19 heavy (non-hydrogen) atoms. The molecule has 0 amide bonds. The molecule has 0 aromatic carbocycles. The molecule has 1 N–H and O–H groups in total. The van der Waals surface area contributed by atoms with Crippen molar-refractivity contribution in [3.8, 4) is 5.95 Å². The molecule has 0 fully saturated rings. The fourth-order valence-corrected chi connectivity index (χ4v) is 1.85. The van der Waals surface area contributed by atoms with Crippen LogP contribution in [0.2, 0.25) is 0 Å². The molecule has 0 aliphatic rings. The van der Waals surface area contributed by atoms with E-state index in [-0.39, 0.29) is 0 Å². The van der Waals surface area contributed by atoms with Crippen molar-refractivity contribution >= 4 is 0 Å². The number of aryl methyl sites for hydroxylation is 2. The van der Waals surface area contributed by atoms with Crippen LogP contribution in [-0.2, 0) is 6.54 Å². The van der Waals surface area contributed by atoms with Gasteiger partial charge in [-0.2, -0.15) is 0 Å². The predicted molar refractivity (Wildman–Crippen MR) is 75.2 cm³/mol. The van der Waals surface area contributed by atoms with Gasteiger partial charge in [0.15, 0.2) is 0 Å². The van der Waals surface area contributed by atoms with E-state index in [2.05, 4.69) is 34.1 Å². The average molecular weight is 259 g/mol. The summed E-state index contributed by atoms with van der Waals surface area (Å²) in [5.41, 5.74) is 2.15. The SMILES string of the molecule is Cc1nc(-n2ccnc2C)ncc1CNCC(C)C. The first kappa shape index (κ1) is 13.7. The van der Waals surface area contributed by atoms with Crippen molar-refractivity contribution in [2.45, 2.75) is 34.2 Å². The highest BCUT2D eigenvalue weighted by Crippen LogP contribution is 2.09. The minimum atomic E-state index is 0.647. The molecule has 0 saturated carbocycles. The maximum absolute atomic E-state index is 4.55. The Morgan fingerprint density at radius 3 is 2.63 bits per heavy atom. The number of hydrogen-bond acceptors (Lipinski definition) is 4. The topological polar surface area (TPSA) is 55.6 Å². The van der Waals surface area contributed by atoms with Gasteiger partial charge in [0.1, 0.15) is 5.82 Å². The van der Waals surface area contributed by atoms with E-state index < -0.39 is 0 Å². The normalized spacial score (nSPS) is 11.2. The van der Waals surface area contributed by atoms with Crippen molar-refractivity contribution < 1.29 is 0 Å². The van der Waals surface area contributed by atoms with Crippen molar-refractivity contribution in [3.05, 3.63) is 35.7 Å². The van der Waals surface area contributed by atoms with Crippen molar-refractivity contribution in [2.24, 2.45) is 5.92 Å². The van der Waals surface area contributed by atoms with E-state index >= 15 is 0 Å². The highest BCUT2D eigenvalue weighted by atomic mass is 15.2. The number of hydrogen-bond donors (Lipinski definition) is 1. The van der Waals surface area contributed by atoms with Crippen LogP contribution < -0.4 is 5.32 Å². The summed E-state index contributed by atoms with van der Waals surface area (Å²) in [6.45, 7) is 10.2. The third kappa shape index (κ3) is 3.38. The van der Waals surface area contributed by atoms with E-state index in [0.29, 0.717) is 11.9 Å². The van der Waals surface area contributed by atoms with E-state index in [1.165, 1.54) is 0 Å². The number of nitrogens with zero attached hydrogens (tertiary/aromatic N) is 4. The van der Waals surface area contributed by atoms with Gasteiger partial charge in [-0.25, -0.2) is 15.0 Å². The summed E-state index contributed by atoms with van der Waals surface area (Å²) >= 11 is 0. The zero-order valence-corrected chi connectivity index (χ0v) is 12.0. The molecular formula is C14H21N5. The van der Waals surface area contributed by atoms with Gasteiger partial charge in [-0.1, -0.05) is 13.8 Å². The van der Waals surface area contributed by atoms with E-state index in [1.54, 1.807) is 6.20 Å². The van der Waals surface area contributed by atoms with Gasteiger partial charge in [0.2, 0.25) is 5.95 Å². The first-order valence-electron chi connectivity index (χ1n) is 6.61. The molecule has 0 unspecified atom stereocenters. The molecule has 102 valence electrons. The van der Waals surface area contributed by atoms with Crippen LogP contribution >= 0.6 is 0 Å². The minimum absolute atomic E-state index is 0.647. The maximum atomic E-state index is 4.55. The molecule has 0 radical (unpaired) electrons. The molecule has 0 saturated heterocycles. The third-order valence-corrected chi connectivity index (χ3v) is 2.98. The van der Waals surface area contributed by atoms with Crippen molar-refractivity contribution in [3.63, 3.8) is 0 Å². The molecule has 2 rings (SSSR count). The van der Waals surface area contributed by atoms with Crippen LogP contribution in [0.25, 0.3) is 5.95 Å². The second-order valence-corrected chi connectivity index (χ2v) is 5.15. The number of rotatable bonds is 5. The summed E-state index contributed by atoms with van der Waals surface area (Å²) in [5.74, 6) is 2.22. The average Bonchev–Trinajstić information content (AvgIpc) is 2.77.